The molecule has 3 nitrogen and oxygen atoms in total. The molecule has 7 heteroatoms. The maximum absolute atomic E-state index is 12.3. The molecule has 1 aromatic heterocycles. The number of aromatic nitrogens is 1. The molecule has 1 heterocycles. The van der Waals surface area contributed by atoms with Crippen LogP contribution in [0.15, 0.2) is 24.3 Å². The van der Waals surface area contributed by atoms with Crippen LogP contribution in [0.4, 0.5) is 13.2 Å². The van der Waals surface area contributed by atoms with Gasteiger partial charge in [-0.05, 0) is 12.1 Å². The Balaban J connectivity index is 2.46. The summed E-state index contributed by atoms with van der Waals surface area (Å²) in [6.45, 7) is 0. The Kier molecular flexibility index (Phi) is 3.05. The molecule has 0 saturated carbocycles. The van der Waals surface area contributed by atoms with E-state index in [4.69, 9.17) is 5.26 Å². The smallest absolute Gasteiger partial charge is 0.288 e. The van der Waals surface area contributed by atoms with E-state index in [0.29, 0.717) is 10.2 Å². The molecule has 0 saturated heterocycles. The number of halogens is 3. The van der Waals surface area contributed by atoms with Gasteiger partial charge in [-0.1, -0.05) is 12.1 Å². The number of fused-ring (bicyclic) bond motifs is 1. The SMILES string of the molecule is N#C[C@@H](C(=O)C(F)(F)F)c1nc2ccccc2s1. The zero-order chi connectivity index (χ0) is 13.3. The van der Waals surface area contributed by atoms with E-state index in [1.165, 1.54) is 6.07 Å². The Morgan fingerprint density at radius 1 is 1.39 bits per heavy atom. The van der Waals surface area contributed by atoms with Crippen LogP contribution in [0.5, 0.6) is 0 Å². The summed E-state index contributed by atoms with van der Waals surface area (Å²) in [7, 11) is 0. The Labute approximate surface area is 103 Å². The molecule has 0 aliphatic heterocycles. The van der Waals surface area contributed by atoms with Crippen molar-refractivity contribution in [2.45, 2.75) is 12.1 Å². The largest absolute Gasteiger partial charge is 0.451 e. The number of carbonyl (C=O) groups excluding carboxylic acids is 1. The lowest BCUT2D eigenvalue weighted by atomic mass is 10.1. The maximum Gasteiger partial charge on any atom is 0.451 e. The van der Waals surface area contributed by atoms with Gasteiger partial charge in [-0.2, -0.15) is 18.4 Å². The highest BCUT2D eigenvalue weighted by molar-refractivity contribution is 7.18. The van der Waals surface area contributed by atoms with Crippen LogP contribution >= 0.6 is 11.3 Å². The molecule has 0 aliphatic rings. The molecule has 0 fully saturated rings. The van der Waals surface area contributed by atoms with Gasteiger partial charge >= 0.3 is 6.18 Å². The van der Waals surface area contributed by atoms with Crippen molar-refractivity contribution in [1.82, 2.24) is 4.98 Å². The monoisotopic (exact) mass is 270 g/mol. The Hall–Kier alpha value is -1.94. The minimum absolute atomic E-state index is 0.124. The molecule has 92 valence electrons. The normalized spacial score (nSPS) is 13.2. The molecule has 0 bridgehead atoms. The van der Waals surface area contributed by atoms with Crippen molar-refractivity contribution in [2.24, 2.45) is 0 Å². The molecule has 0 N–H and O–H groups in total. The Morgan fingerprint density at radius 3 is 2.61 bits per heavy atom. The standard InChI is InChI=1S/C11H5F3N2OS/c12-11(13,14)9(17)6(5-15)10-16-7-3-1-2-4-8(7)18-10/h1-4,6H/t6-/m0/s1. The number of hydrogen-bond acceptors (Lipinski definition) is 4. The summed E-state index contributed by atoms with van der Waals surface area (Å²) in [5.41, 5.74) is 0.479. The minimum atomic E-state index is -5.03. The van der Waals surface area contributed by atoms with Crippen LogP contribution in [-0.4, -0.2) is 16.9 Å². The predicted molar refractivity (Wildman–Crippen MR) is 59.0 cm³/mol. The van der Waals surface area contributed by atoms with Gasteiger partial charge in [0.05, 0.1) is 16.3 Å². The predicted octanol–water partition coefficient (Wildman–Crippen LogP) is 3.03. The Bertz CT molecular complexity index is 609. The molecule has 0 radical (unpaired) electrons. The third kappa shape index (κ3) is 2.19. The van der Waals surface area contributed by atoms with E-state index < -0.39 is 17.9 Å². The lowest BCUT2D eigenvalue weighted by Gasteiger charge is -2.07. The fourth-order valence-electron chi connectivity index (χ4n) is 1.40. The van der Waals surface area contributed by atoms with Crippen LogP contribution in [0.25, 0.3) is 10.2 Å². The van der Waals surface area contributed by atoms with Gasteiger partial charge in [-0.25, -0.2) is 4.98 Å². The lowest BCUT2D eigenvalue weighted by Crippen LogP contribution is -2.28. The molecule has 1 aromatic carbocycles. The van der Waals surface area contributed by atoms with Crippen molar-refractivity contribution in [2.75, 3.05) is 0 Å². The third-order valence-corrected chi connectivity index (χ3v) is 3.33. The van der Waals surface area contributed by atoms with Crippen molar-refractivity contribution in [1.29, 1.82) is 5.26 Å². The first-order chi connectivity index (χ1) is 8.43. The van der Waals surface area contributed by atoms with Crippen LogP contribution in [0, 0.1) is 11.3 Å². The second-order valence-corrected chi connectivity index (χ2v) is 4.51. The third-order valence-electron chi connectivity index (χ3n) is 2.23. The highest BCUT2D eigenvalue weighted by atomic mass is 32.1. The summed E-state index contributed by atoms with van der Waals surface area (Å²) in [5.74, 6) is -3.97. The first kappa shape index (κ1) is 12.5. The van der Waals surface area contributed by atoms with E-state index >= 15 is 0 Å². The summed E-state index contributed by atoms with van der Waals surface area (Å²) in [4.78, 5) is 15.0. The molecule has 2 aromatic rings. The zero-order valence-corrected chi connectivity index (χ0v) is 9.55. The van der Waals surface area contributed by atoms with Gasteiger partial charge in [-0.15, -0.1) is 11.3 Å². The lowest BCUT2D eigenvalue weighted by molar-refractivity contribution is -0.171. The van der Waals surface area contributed by atoms with Crippen LogP contribution in [0.2, 0.25) is 0 Å². The van der Waals surface area contributed by atoms with E-state index in [2.05, 4.69) is 4.98 Å². The number of thiazole rings is 1. The summed E-state index contributed by atoms with van der Waals surface area (Å²) in [6.07, 6.45) is -5.03. The molecule has 0 spiro atoms. The van der Waals surface area contributed by atoms with Gasteiger partial charge in [0.25, 0.3) is 5.78 Å². The number of benzene rings is 1. The number of carbonyl (C=O) groups is 1. The van der Waals surface area contributed by atoms with E-state index in [0.717, 1.165) is 11.3 Å². The minimum Gasteiger partial charge on any atom is -0.288 e. The highest BCUT2D eigenvalue weighted by Gasteiger charge is 2.45. The van der Waals surface area contributed by atoms with Crippen molar-refractivity contribution in [3.63, 3.8) is 0 Å². The number of Topliss-reactive ketones (excluding diaryl/α,β-unsaturated/α-hetero) is 1. The van der Waals surface area contributed by atoms with E-state index in [1.54, 1.807) is 24.3 Å². The molecule has 18 heavy (non-hydrogen) atoms. The molecular formula is C11H5F3N2OS. The quantitative estimate of drug-likeness (QED) is 0.842. The number of alkyl halides is 3. The number of nitriles is 1. The molecular weight excluding hydrogens is 265 g/mol. The topological polar surface area (TPSA) is 53.8 Å². The van der Waals surface area contributed by atoms with Crippen LogP contribution in [0.3, 0.4) is 0 Å². The summed E-state index contributed by atoms with van der Waals surface area (Å²) in [5, 5.41) is 8.61. The first-order valence-corrected chi connectivity index (χ1v) is 5.61. The average Bonchev–Trinajstić information content (AvgIpc) is 2.71. The molecule has 2 rings (SSSR count). The molecule has 0 aliphatic carbocycles. The second-order valence-electron chi connectivity index (χ2n) is 3.44. The van der Waals surface area contributed by atoms with Gasteiger partial charge < -0.3 is 0 Å². The number of nitrogens with zero attached hydrogens (tertiary/aromatic N) is 2. The number of para-hydroxylation sites is 1. The van der Waals surface area contributed by atoms with Gasteiger partial charge in [0.15, 0.2) is 5.92 Å². The highest BCUT2D eigenvalue weighted by Crippen LogP contribution is 2.32. The van der Waals surface area contributed by atoms with E-state index in [-0.39, 0.29) is 5.01 Å². The van der Waals surface area contributed by atoms with Gasteiger partial charge in [0, 0.05) is 0 Å². The maximum atomic E-state index is 12.3. The summed E-state index contributed by atoms with van der Waals surface area (Å²) >= 11 is 0.920. The molecule has 0 unspecified atom stereocenters. The van der Waals surface area contributed by atoms with Crippen molar-refractivity contribution in [3.05, 3.63) is 29.3 Å². The van der Waals surface area contributed by atoms with E-state index in [9.17, 15) is 18.0 Å². The van der Waals surface area contributed by atoms with E-state index in [1.807, 2.05) is 0 Å². The summed E-state index contributed by atoms with van der Waals surface area (Å²) in [6, 6.07) is 8.03. The number of hydrogen-bond donors (Lipinski definition) is 0. The number of rotatable bonds is 2. The van der Waals surface area contributed by atoms with Crippen LogP contribution in [-0.2, 0) is 4.79 Å². The average molecular weight is 270 g/mol. The fraction of sp³-hybridized carbons (Fsp3) is 0.182. The van der Waals surface area contributed by atoms with Crippen LogP contribution in [0.1, 0.15) is 10.9 Å². The van der Waals surface area contributed by atoms with Crippen molar-refractivity contribution in [3.8, 4) is 6.07 Å². The van der Waals surface area contributed by atoms with Crippen molar-refractivity contribution >= 4 is 27.3 Å². The van der Waals surface area contributed by atoms with Gasteiger partial charge in [0.2, 0.25) is 0 Å². The summed E-state index contributed by atoms with van der Waals surface area (Å²) < 4.78 is 37.6. The van der Waals surface area contributed by atoms with Gasteiger partial charge in [0.1, 0.15) is 5.01 Å². The number of ketones is 1. The van der Waals surface area contributed by atoms with Crippen LogP contribution < -0.4 is 0 Å². The van der Waals surface area contributed by atoms with Crippen molar-refractivity contribution < 1.29 is 18.0 Å². The Morgan fingerprint density at radius 2 is 2.06 bits per heavy atom. The van der Waals surface area contributed by atoms with Gasteiger partial charge in [-0.3, -0.25) is 4.79 Å². The fourth-order valence-corrected chi connectivity index (χ4v) is 2.41. The first-order valence-electron chi connectivity index (χ1n) is 4.79. The molecule has 1 atom stereocenters. The second kappa shape index (κ2) is 4.38. The zero-order valence-electron chi connectivity index (χ0n) is 8.73. The molecule has 0 amide bonds.